The molecular weight excluding hydrogens is 322 g/mol. The molecule has 0 fully saturated rings. The number of fused-ring (bicyclic) bond motifs is 1. The van der Waals surface area contributed by atoms with Crippen LogP contribution in [0.1, 0.15) is 33.8 Å². The molecule has 124 valence electrons. The van der Waals surface area contributed by atoms with E-state index in [1.165, 1.54) is 11.8 Å². The first-order chi connectivity index (χ1) is 11.7. The molecule has 0 radical (unpaired) electrons. The van der Waals surface area contributed by atoms with Gasteiger partial charge in [-0.05, 0) is 24.1 Å². The summed E-state index contributed by atoms with van der Waals surface area (Å²) in [6.45, 7) is 2.68. The quantitative estimate of drug-likeness (QED) is 0.753. The van der Waals surface area contributed by atoms with Crippen molar-refractivity contribution in [2.75, 3.05) is 12.4 Å². The molecule has 1 amide bonds. The summed E-state index contributed by atoms with van der Waals surface area (Å²) >= 11 is 1.44. The van der Waals surface area contributed by atoms with Crippen LogP contribution in [0.3, 0.4) is 0 Å². The van der Waals surface area contributed by atoms with Gasteiger partial charge in [0.2, 0.25) is 0 Å². The van der Waals surface area contributed by atoms with Crippen molar-refractivity contribution in [2.24, 2.45) is 0 Å². The number of hydrogen-bond acceptors (Lipinski definition) is 4. The fourth-order valence-electron chi connectivity index (χ4n) is 2.80. The van der Waals surface area contributed by atoms with Crippen molar-refractivity contribution in [2.45, 2.75) is 18.8 Å². The van der Waals surface area contributed by atoms with Crippen LogP contribution in [0.25, 0.3) is 0 Å². The number of esters is 1. The van der Waals surface area contributed by atoms with Gasteiger partial charge in [0.25, 0.3) is 5.91 Å². The first kappa shape index (κ1) is 16.6. The topological polar surface area (TPSA) is 46.6 Å². The Morgan fingerprint density at radius 3 is 2.58 bits per heavy atom. The van der Waals surface area contributed by atoms with Crippen LogP contribution in [-0.4, -0.2) is 29.1 Å². The highest BCUT2D eigenvalue weighted by molar-refractivity contribution is 8.00. The van der Waals surface area contributed by atoms with Crippen molar-refractivity contribution in [1.29, 1.82) is 0 Å². The molecule has 2 aromatic carbocycles. The van der Waals surface area contributed by atoms with E-state index in [0.717, 1.165) is 16.7 Å². The fraction of sp³-hybridized carbons (Fsp3) is 0.263. The lowest BCUT2D eigenvalue weighted by molar-refractivity contribution is -0.139. The second-order valence-corrected chi connectivity index (χ2v) is 6.54. The smallest absolute Gasteiger partial charge is 0.315 e. The number of benzene rings is 2. The van der Waals surface area contributed by atoms with Gasteiger partial charge in [-0.25, -0.2) is 0 Å². The summed E-state index contributed by atoms with van der Waals surface area (Å²) in [4.78, 5) is 26.3. The van der Waals surface area contributed by atoms with Gasteiger partial charge in [-0.2, -0.15) is 0 Å². The molecule has 0 saturated carbocycles. The van der Waals surface area contributed by atoms with Gasteiger partial charge in [0.1, 0.15) is 5.37 Å². The predicted molar refractivity (Wildman–Crippen MR) is 94.6 cm³/mol. The van der Waals surface area contributed by atoms with Crippen LogP contribution in [0.2, 0.25) is 0 Å². The van der Waals surface area contributed by atoms with Gasteiger partial charge in [0.15, 0.2) is 0 Å². The third-order valence-corrected chi connectivity index (χ3v) is 5.09. The maximum absolute atomic E-state index is 12.8. The van der Waals surface area contributed by atoms with E-state index >= 15 is 0 Å². The van der Waals surface area contributed by atoms with Crippen LogP contribution in [0.5, 0.6) is 0 Å². The van der Waals surface area contributed by atoms with Gasteiger partial charge >= 0.3 is 5.97 Å². The minimum Gasteiger partial charge on any atom is -0.465 e. The Bertz CT molecular complexity index is 732. The van der Waals surface area contributed by atoms with Crippen molar-refractivity contribution in [3.63, 3.8) is 0 Å². The number of carbonyl (C=O) groups is 2. The number of carbonyl (C=O) groups excluding carboxylic acids is 2. The van der Waals surface area contributed by atoms with Crippen LogP contribution in [0, 0.1) is 0 Å². The lowest BCUT2D eigenvalue weighted by Crippen LogP contribution is -2.26. The molecule has 5 heteroatoms. The van der Waals surface area contributed by atoms with E-state index in [1.54, 1.807) is 6.92 Å². The van der Waals surface area contributed by atoms with E-state index in [1.807, 2.05) is 59.5 Å². The number of ether oxygens (including phenoxy) is 1. The van der Waals surface area contributed by atoms with Gasteiger partial charge in [0.05, 0.1) is 12.4 Å². The Morgan fingerprint density at radius 2 is 1.83 bits per heavy atom. The molecule has 1 atom stereocenters. The summed E-state index contributed by atoms with van der Waals surface area (Å²) in [6.07, 6.45) is 0. The molecule has 0 N–H and O–H groups in total. The fourth-order valence-corrected chi connectivity index (χ4v) is 3.91. The summed E-state index contributed by atoms with van der Waals surface area (Å²) in [6, 6.07) is 17.5. The van der Waals surface area contributed by atoms with E-state index in [2.05, 4.69) is 0 Å². The lowest BCUT2D eigenvalue weighted by Gasteiger charge is -2.24. The summed E-state index contributed by atoms with van der Waals surface area (Å²) in [5.74, 6) is -0.0133. The van der Waals surface area contributed by atoms with Crippen LogP contribution in [-0.2, 0) is 16.1 Å². The van der Waals surface area contributed by atoms with Gasteiger partial charge in [-0.1, -0.05) is 48.5 Å². The Labute approximate surface area is 145 Å². The van der Waals surface area contributed by atoms with E-state index in [-0.39, 0.29) is 23.0 Å². The monoisotopic (exact) mass is 341 g/mol. The molecule has 0 bridgehead atoms. The molecule has 0 aliphatic carbocycles. The highest BCUT2D eigenvalue weighted by atomic mass is 32.2. The highest BCUT2D eigenvalue weighted by Gasteiger charge is 2.37. The second kappa shape index (κ2) is 7.53. The van der Waals surface area contributed by atoms with Crippen molar-refractivity contribution in [1.82, 2.24) is 4.90 Å². The summed E-state index contributed by atoms with van der Waals surface area (Å²) in [5, 5.41) is -0.168. The molecule has 0 aromatic heterocycles. The first-order valence-electron chi connectivity index (χ1n) is 7.91. The van der Waals surface area contributed by atoms with E-state index < -0.39 is 0 Å². The zero-order valence-electron chi connectivity index (χ0n) is 13.5. The number of nitrogens with zero attached hydrogens (tertiary/aromatic N) is 1. The molecule has 1 aliphatic rings. The molecular formula is C19H19NO3S. The number of hydrogen-bond donors (Lipinski definition) is 0. The molecule has 4 nitrogen and oxygen atoms in total. The molecule has 2 aromatic rings. The van der Waals surface area contributed by atoms with Crippen LogP contribution in [0.15, 0.2) is 54.6 Å². The zero-order chi connectivity index (χ0) is 16.9. The van der Waals surface area contributed by atoms with Crippen molar-refractivity contribution in [3.8, 4) is 0 Å². The maximum atomic E-state index is 12.8. The normalized spacial score (nSPS) is 16.1. The van der Waals surface area contributed by atoms with E-state index in [4.69, 9.17) is 4.74 Å². The average molecular weight is 341 g/mol. The predicted octanol–water partition coefficient (Wildman–Crippen LogP) is 3.64. The van der Waals surface area contributed by atoms with Crippen LogP contribution in [0.4, 0.5) is 0 Å². The Kier molecular flexibility index (Phi) is 5.20. The van der Waals surface area contributed by atoms with Gasteiger partial charge in [-0.3, -0.25) is 9.59 Å². The standard InChI is InChI=1S/C19H19NO3S/c1-2-23-17(21)13-24-19-16-11-7-6-10-15(16)18(22)20(19)12-14-8-4-3-5-9-14/h3-11,19H,2,12-13H2,1H3. The molecule has 24 heavy (non-hydrogen) atoms. The number of rotatable bonds is 6. The summed E-state index contributed by atoms with van der Waals surface area (Å²) < 4.78 is 5.01. The third-order valence-electron chi connectivity index (χ3n) is 3.86. The van der Waals surface area contributed by atoms with Crippen molar-refractivity contribution >= 4 is 23.6 Å². The van der Waals surface area contributed by atoms with E-state index in [0.29, 0.717) is 13.2 Å². The Hall–Kier alpha value is -2.27. The molecule has 1 heterocycles. The van der Waals surface area contributed by atoms with Gasteiger partial charge < -0.3 is 9.64 Å². The number of thioether (sulfide) groups is 1. The Morgan fingerprint density at radius 1 is 1.12 bits per heavy atom. The van der Waals surface area contributed by atoms with E-state index in [9.17, 15) is 9.59 Å². The summed E-state index contributed by atoms with van der Waals surface area (Å²) in [5.41, 5.74) is 2.75. The van der Waals surface area contributed by atoms with Gasteiger partial charge in [0, 0.05) is 12.1 Å². The average Bonchev–Trinajstić information content (AvgIpc) is 2.87. The molecule has 3 rings (SSSR count). The van der Waals surface area contributed by atoms with Crippen molar-refractivity contribution < 1.29 is 14.3 Å². The second-order valence-electron chi connectivity index (χ2n) is 5.47. The lowest BCUT2D eigenvalue weighted by atomic mass is 10.1. The largest absolute Gasteiger partial charge is 0.465 e. The SMILES string of the molecule is CCOC(=O)CSC1c2ccccc2C(=O)N1Cc1ccccc1. The van der Waals surface area contributed by atoms with Crippen LogP contribution < -0.4 is 0 Å². The zero-order valence-corrected chi connectivity index (χ0v) is 14.3. The number of amides is 1. The molecule has 0 spiro atoms. The van der Waals surface area contributed by atoms with Crippen molar-refractivity contribution in [3.05, 3.63) is 71.3 Å². The minimum atomic E-state index is -0.251. The Balaban J connectivity index is 1.82. The minimum absolute atomic E-state index is 0.0100. The maximum Gasteiger partial charge on any atom is 0.315 e. The molecule has 0 saturated heterocycles. The molecule has 1 aliphatic heterocycles. The van der Waals surface area contributed by atoms with Gasteiger partial charge in [-0.15, -0.1) is 11.8 Å². The molecule has 1 unspecified atom stereocenters. The third kappa shape index (κ3) is 3.46. The highest BCUT2D eigenvalue weighted by Crippen LogP contribution is 2.42. The van der Waals surface area contributed by atoms with Crippen LogP contribution >= 0.6 is 11.8 Å². The first-order valence-corrected chi connectivity index (χ1v) is 8.96. The summed E-state index contributed by atoms with van der Waals surface area (Å²) in [7, 11) is 0.